The third-order valence-corrected chi connectivity index (χ3v) is 5.71. The van der Waals surface area contributed by atoms with Crippen LogP contribution in [0.3, 0.4) is 0 Å². The summed E-state index contributed by atoms with van der Waals surface area (Å²) in [5, 5.41) is 0. The van der Waals surface area contributed by atoms with Gasteiger partial charge in [0, 0.05) is 25.5 Å². The van der Waals surface area contributed by atoms with Gasteiger partial charge in [-0.3, -0.25) is 4.79 Å². The molecule has 1 spiro atoms. The second kappa shape index (κ2) is 5.58. The number of thiazole rings is 1. The van der Waals surface area contributed by atoms with Crippen LogP contribution in [0.1, 0.15) is 53.9 Å². The number of morpholine rings is 1. The van der Waals surface area contributed by atoms with Gasteiger partial charge in [0.05, 0.1) is 30.5 Å². The molecule has 3 fully saturated rings. The molecule has 3 aliphatic rings. The van der Waals surface area contributed by atoms with E-state index in [1.54, 1.807) is 0 Å². The smallest absolute Gasteiger partial charge is 0.266 e. The minimum atomic E-state index is -0.293. The van der Waals surface area contributed by atoms with Crippen molar-refractivity contribution in [3.63, 3.8) is 0 Å². The first-order valence-electron chi connectivity index (χ1n) is 8.19. The number of rotatable bonds is 3. The number of hydrogen-bond acceptors (Lipinski definition) is 5. The second-order valence-corrected chi connectivity index (χ2v) is 7.52. The maximum Gasteiger partial charge on any atom is 0.266 e. The molecule has 4 rings (SSSR count). The van der Waals surface area contributed by atoms with Crippen molar-refractivity contribution in [2.24, 2.45) is 0 Å². The van der Waals surface area contributed by atoms with Gasteiger partial charge in [0.2, 0.25) is 0 Å². The van der Waals surface area contributed by atoms with E-state index in [0.717, 1.165) is 30.0 Å². The van der Waals surface area contributed by atoms with Gasteiger partial charge in [-0.05, 0) is 19.3 Å². The SMILES string of the molecule is CC[C@@H]1CN(C(=O)c2scnc2C2CC2)C[C@@]2(CCOC2)O1. The molecule has 0 radical (unpaired) electrons. The lowest BCUT2D eigenvalue weighted by Gasteiger charge is -2.43. The number of amides is 1. The predicted octanol–water partition coefficient (Wildman–Crippen LogP) is 2.43. The Morgan fingerprint density at radius 1 is 1.55 bits per heavy atom. The molecule has 1 aliphatic carbocycles. The summed E-state index contributed by atoms with van der Waals surface area (Å²) in [7, 11) is 0. The average molecular weight is 322 g/mol. The Labute approximate surface area is 134 Å². The van der Waals surface area contributed by atoms with E-state index in [2.05, 4.69) is 11.9 Å². The van der Waals surface area contributed by atoms with Crippen molar-refractivity contribution in [3.05, 3.63) is 16.1 Å². The number of ether oxygens (including phenoxy) is 2. The number of carbonyl (C=O) groups is 1. The van der Waals surface area contributed by atoms with Crippen LogP contribution in [-0.4, -0.2) is 53.8 Å². The van der Waals surface area contributed by atoms with E-state index in [-0.39, 0.29) is 17.6 Å². The molecule has 2 saturated heterocycles. The van der Waals surface area contributed by atoms with Crippen molar-refractivity contribution in [1.29, 1.82) is 0 Å². The van der Waals surface area contributed by atoms with Gasteiger partial charge in [0.15, 0.2) is 0 Å². The summed E-state index contributed by atoms with van der Waals surface area (Å²) in [6.07, 6.45) is 4.25. The lowest BCUT2D eigenvalue weighted by atomic mass is 9.98. The molecule has 22 heavy (non-hydrogen) atoms. The van der Waals surface area contributed by atoms with Crippen LogP contribution >= 0.6 is 11.3 Å². The average Bonchev–Trinajstić information content (AvgIpc) is 3.10. The van der Waals surface area contributed by atoms with Crippen LogP contribution in [-0.2, 0) is 9.47 Å². The highest BCUT2D eigenvalue weighted by Crippen LogP contribution is 2.42. The van der Waals surface area contributed by atoms with Crippen LogP contribution < -0.4 is 0 Å². The Bertz CT molecular complexity index is 563. The van der Waals surface area contributed by atoms with Crippen LogP contribution in [0.4, 0.5) is 0 Å². The van der Waals surface area contributed by atoms with Gasteiger partial charge in [0.1, 0.15) is 10.5 Å². The zero-order chi connectivity index (χ0) is 15.2. The summed E-state index contributed by atoms with van der Waals surface area (Å²) in [6, 6.07) is 0. The molecule has 1 aromatic rings. The molecule has 1 saturated carbocycles. The van der Waals surface area contributed by atoms with Crippen molar-refractivity contribution in [2.75, 3.05) is 26.3 Å². The molecule has 5 nitrogen and oxygen atoms in total. The summed E-state index contributed by atoms with van der Waals surface area (Å²) in [6.45, 7) is 4.77. The number of carbonyl (C=O) groups excluding carboxylic acids is 1. The van der Waals surface area contributed by atoms with E-state index < -0.39 is 0 Å². The molecule has 6 heteroatoms. The van der Waals surface area contributed by atoms with Crippen molar-refractivity contribution < 1.29 is 14.3 Å². The van der Waals surface area contributed by atoms with E-state index in [4.69, 9.17) is 9.47 Å². The first-order valence-corrected chi connectivity index (χ1v) is 9.07. The lowest BCUT2D eigenvalue weighted by Crippen LogP contribution is -2.57. The highest BCUT2D eigenvalue weighted by Gasteiger charge is 2.45. The zero-order valence-electron chi connectivity index (χ0n) is 12.9. The maximum absolute atomic E-state index is 13.0. The summed E-state index contributed by atoms with van der Waals surface area (Å²) in [4.78, 5) is 20.3. The molecule has 0 unspecified atom stereocenters. The Hall–Kier alpha value is -0.980. The third kappa shape index (κ3) is 2.57. The molecule has 2 atom stereocenters. The van der Waals surface area contributed by atoms with Gasteiger partial charge in [-0.15, -0.1) is 11.3 Å². The summed E-state index contributed by atoms with van der Waals surface area (Å²) < 4.78 is 11.8. The molecule has 0 N–H and O–H groups in total. The summed E-state index contributed by atoms with van der Waals surface area (Å²) in [5.74, 6) is 0.648. The van der Waals surface area contributed by atoms with E-state index in [0.29, 0.717) is 25.6 Å². The van der Waals surface area contributed by atoms with Crippen LogP contribution in [0, 0.1) is 0 Å². The predicted molar refractivity (Wildman–Crippen MR) is 83.3 cm³/mol. The summed E-state index contributed by atoms with van der Waals surface area (Å²) in [5.41, 5.74) is 2.54. The molecule has 3 heterocycles. The molecular formula is C16H22N2O3S. The zero-order valence-corrected chi connectivity index (χ0v) is 13.7. The minimum Gasteiger partial charge on any atom is -0.378 e. The molecule has 0 bridgehead atoms. The largest absolute Gasteiger partial charge is 0.378 e. The topological polar surface area (TPSA) is 51.7 Å². The fourth-order valence-corrected chi connectivity index (χ4v) is 4.31. The van der Waals surface area contributed by atoms with Gasteiger partial charge < -0.3 is 14.4 Å². The van der Waals surface area contributed by atoms with Crippen molar-refractivity contribution in [3.8, 4) is 0 Å². The Kier molecular flexibility index (Phi) is 3.71. The Balaban J connectivity index is 1.57. The molecule has 120 valence electrons. The van der Waals surface area contributed by atoms with Crippen LogP contribution in [0.25, 0.3) is 0 Å². The normalized spacial score (nSPS) is 31.9. The monoisotopic (exact) mass is 322 g/mol. The van der Waals surface area contributed by atoms with E-state index in [1.165, 1.54) is 24.2 Å². The number of aromatic nitrogens is 1. The van der Waals surface area contributed by atoms with Gasteiger partial charge in [0.25, 0.3) is 5.91 Å². The minimum absolute atomic E-state index is 0.108. The van der Waals surface area contributed by atoms with Gasteiger partial charge in [-0.25, -0.2) is 4.98 Å². The first kappa shape index (κ1) is 14.6. The van der Waals surface area contributed by atoms with Gasteiger partial charge in [-0.2, -0.15) is 0 Å². The number of hydrogen-bond donors (Lipinski definition) is 0. The fraction of sp³-hybridized carbons (Fsp3) is 0.750. The Morgan fingerprint density at radius 3 is 3.09 bits per heavy atom. The second-order valence-electron chi connectivity index (χ2n) is 6.66. The molecule has 0 aromatic carbocycles. The summed E-state index contributed by atoms with van der Waals surface area (Å²) >= 11 is 1.49. The van der Waals surface area contributed by atoms with Crippen molar-refractivity contribution in [1.82, 2.24) is 9.88 Å². The highest BCUT2D eigenvalue weighted by molar-refractivity contribution is 7.11. The van der Waals surface area contributed by atoms with E-state index in [1.807, 2.05) is 10.4 Å². The van der Waals surface area contributed by atoms with Crippen LogP contribution in [0.2, 0.25) is 0 Å². The molecule has 1 amide bonds. The van der Waals surface area contributed by atoms with Crippen molar-refractivity contribution in [2.45, 2.75) is 50.2 Å². The quantitative estimate of drug-likeness (QED) is 0.858. The van der Waals surface area contributed by atoms with Crippen LogP contribution in [0.15, 0.2) is 5.51 Å². The van der Waals surface area contributed by atoms with Crippen molar-refractivity contribution >= 4 is 17.2 Å². The standard InChI is InChI=1S/C16H22N2O3S/c1-2-12-7-18(8-16(21-12)5-6-20-9-16)15(19)14-13(11-3-4-11)17-10-22-14/h10-12H,2-9H2,1H3/t12-,16-/m1/s1. The van der Waals surface area contributed by atoms with Crippen LogP contribution in [0.5, 0.6) is 0 Å². The van der Waals surface area contributed by atoms with E-state index >= 15 is 0 Å². The lowest BCUT2D eigenvalue weighted by molar-refractivity contribution is -0.145. The molecule has 2 aliphatic heterocycles. The molecular weight excluding hydrogens is 300 g/mol. The highest BCUT2D eigenvalue weighted by atomic mass is 32.1. The number of nitrogens with zero attached hydrogens (tertiary/aromatic N) is 2. The third-order valence-electron chi connectivity index (χ3n) is 4.88. The van der Waals surface area contributed by atoms with Gasteiger partial charge in [-0.1, -0.05) is 6.92 Å². The maximum atomic E-state index is 13.0. The van der Waals surface area contributed by atoms with Gasteiger partial charge >= 0.3 is 0 Å². The van der Waals surface area contributed by atoms with E-state index in [9.17, 15) is 4.79 Å². The fourth-order valence-electron chi connectivity index (χ4n) is 3.47. The first-order chi connectivity index (χ1) is 10.7. The Morgan fingerprint density at radius 2 is 2.41 bits per heavy atom. The molecule has 1 aromatic heterocycles.